The normalized spacial score (nSPS) is 26.0. The summed E-state index contributed by atoms with van der Waals surface area (Å²) in [5.41, 5.74) is 1.58. The zero-order valence-corrected chi connectivity index (χ0v) is 12.2. The molecule has 6 heteroatoms. The number of hydrogen-bond donors (Lipinski definition) is 0. The predicted octanol–water partition coefficient (Wildman–Crippen LogP) is 2.29. The SMILES string of the molecule is Cc1cccc(N2CCO[C@@H]([C@@H]3CCCO3)C2)c1[N+](=O)[O-]. The number of aryl methyl sites for hydroxylation is 1. The van der Waals surface area contributed by atoms with E-state index in [0.717, 1.165) is 19.4 Å². The van der Waals surface area contributed by atoms with Crippen LogP contribution in [0.3, 0.4) is 0 Å². The molecule has 2 fully saturated rings. The summed E-state index contributed by atoms with van der Waals surface area (Å²) in [5.74, 6) is 0. The highest BCUT2D eigenvalue weighted by molar-refractivity contribution is 5.66. The summed E-state index contributed by atoms with van der Waals surface area (Å²) in [6.07, 6.45) is 2.20. The molecule has 0 saturated carbocycles. The fraction of sp³-hybridized carbons (Fsp3) is 0.600. The summed E-state index contributed by atoms with van der Waals surface area (Å²) >= 11 is 0. The third kappa shape index (κ3) is 2.87. The Morgan fingerprint density at radius 1 is 1.29 bits per heavy atom. The lowest BCUT2D eigenvalue weighted by atomic mass is 10.1. The van der Waals surface area contributed by atoms with E-state index in [0.29, 0.717) is 30.9 Å². The van der Waals surface area contributed by atoms with Gasteiger partial charge in [-0.25, -0.2) is 0 Å². The molecule has 0 radical (unpaired) electrons. The molecule has 0 bridgehead atoms. The van der Waals surface area contributed by atoms with Crippen molar-refractivity contribution >= 4 is 11.4 Å². The number of benzene rings is 1. The lowest BCUT2D eigenvalue weighted by molar-refractivity contribution is -0.384. The molecule has 3 rings (SSSR count). The third-order valence-electron chi connectivity index (χ3n) is 4.21. The van der Waals surface area contributed by atoms with Crippen molar-refractivity contribution in [3.63, 3.8) is 0 Å². The molecule has 1 aromatic carbocycles. The zero-order valence-electron chi connectivity index (χ0n) is 12.2. The van der Waals surface area contributed by atoms with Crippen LogP contribution in [-0.2, 0) is 9.47 Å². The van der Waals surface area contributed by atoms with Gasteiger partial charge in [0.2, 0.25) is 0 Å². The number of ether oxygens (including phenoxy) is 2. The van der Waals surface area contributed by atoms with Crippen molar-refractivity contribution in [1.82, 2.24) is 0 Å². The topological polar surface area (TPSA) is 64.8 Å². The molecule has 2 aliphatic rings. The first-order valence-corrected chi connectivity index (χ1v) is 7.39. The Morgan fingerprint density at radius 3 is 2.81 bits per heavy atom. The van der Waals surface area contributed by atoms with E-state index < -0.39 is 0 Å². The van der Waals surface area contributed by atoms with Crippen molar-refractivity contribution in [2.45, 2.75) is 32.0 Å². The molecule has 2 atom stereocenters. The van der Waals surface area contributed by atoms with Crippen molar-refractivity contribution in [3.05, 3.63) is 33.9 Å². The molecule has 0 amide bonds. The van der Waals surface area contributed by atoms with E-state index in [4.69, 9.17) is 9.47 Å². The molecule has 1 aromatic rings. The minimum Gasteiger partial charge on any atom is -0.375 e. The van der Waals surface area contributed by atoms with E-state index >= 15 is 0 Å². The standard InChI is InChI=1S/C15H20N2O4/c1-11-4-2-5-12(15(11)17(18)19)16-7-9-21-14(10-16)13-6-3-8-20-13/h2,4-5,13-14H,3,6-10H2,1H3/t13-,14+/m0/s1. The van der Waals surface area contributed by atoms with Crippen LogP contribution < -0.4 is 4.90 Å². The summed E-state index contributed by atoms with van der Waals surface area (Å²) in [6, 6.07) is 5.47. The van der Waals surface area contributed by atoms with Crippen molar-refractivity contribution in [1.29, 1.82) is 0 Å². The Balaban J connectivity index is 1.83. The molecule has 2 heterocycles. The second-order valence-corrected chi connectivity index (χ2v) is 5.61. The van der Waals surface area contributed by atoms with Crippen LogP contribution in [0.4, 0.5) is 11.4 Å². The quantitative estimate of drug-likeness (QED) is 0.631. The van der Waals surface area contributed by atoms with Crippen LogP contribution in [0, 0.1) is 17.0 Å². The maximum atomic E-state index is 11.3. The Bertz CT molecular complexity index is 528. The van der Waals surface area contributed by atoms with Crippen LogP contribution in [0.1, 0.15) is 18.4 Å². The first-order valence-electron chi connectivity index (χ1n) is 7.39. The minimum absolute atomic E-state index is 0.00127. The molecule has 114 valence electrons. The third-order valence-corrected chi connectivity index (χ3v) is 4.21. The Hall–Kier alpha value is -1.66. The Labute approximate surface area is 123 Å². The average molecular weight is 292 g/mol. The van der Waals surface area contributed by atoms with Crippen molar-refractivity contribution in [2.24, 2.45) is 0 Å². The molecule has 0 unspecified atom stereocenters. The van der Waals surface area contributed by atoms with E-state index in [-0.39, 0.29) is 22.8 Å². The number of para-hydroxylation sites is 1. The van der Waals surface area contributed by atoms with Crippen LogP contribution in [0.15, 0.2) is 18.2 Å². The highest BCUT2D eigenvalue weighted by Gasteiger charge is 2.33. The van der Waals surface area contributed by atoms with E-state index in [1.54, 1.807) is 13.0 Å². The molecular weight excluding hydrogens is 272 g/mol. The highest BCUT2D eigenvalue weighted by Crippen LogP contribution is 2.33. The fourth-order valence-corrected chi connectivity index (χ4v) is 3.15. The number of rotatable bonds is 3. The van der Waals surface area contributed by atoms with Crippen LogP contribution in [0.5, 0.6) is 0 Å². The minimum atomic E-state index is -0.290. The van der Waals surface area contributed by atoms with Gasteiger partial charge < -0.3 is 14.4 Å². The first kappa shape index (κ1) is 14.3. The molecule has 0 spiro atoms. The van der Waals surface area contributed by atoms with Gasteiger partial charge in [-0.1, -0.05) is 12.1 Å². The van der Waals surface area contributed by atoms with Gasteiger partial charge in [0, 0.05) is 25.3 Å². The van der Waals surface area contributed by atoms with Gasteiger partial charge in [-0.3, -0.25) is 10.1 Å². The predicted molar refractivity (Wildman–Crippen MR) is 78.8 cm³/mol. The number of hydrogen-bond acceptors (Lipinski definition) is 5. The number of anilines is 1. The molecule has 0 aliphatic carbocycles. The largest absolute Gasteiger partial charge is 0.375 e. The van der Waals surface area contributed by atoms with E-state index in [1.165, 1.54) is 0 Å². The lowest BCUT2D eigenvalue weighted by Crippen LogP contribution is -2.47. The number of morpholine rings is 1. The second kappa shape index (κ2) is 5.99. The maximum Gasteiger partial charge on any atom is 0.295 e. The zero-order chi connectivity index (χ0) is 14.8. The summed E-state index contributed by atoms with van der Waals surface area (Å²) in [5, 5.41) is 11.3. The van der Waals surface area contributed by atoms with Crippen LogP contribution in [0.2, 0.25) is 0 Å². The maximum absolute atomic E-state index is 11.3. The van der Waals surface area contributed by atoms with E-state index in [9.17, 15) is 10.1 Å². The van der Waals surface area contributed by atoms with Crippen molar-refractivity contribution < 1.29 is 14.4 Å². The smallest absolute Gasteiger partial charge is 0.295 e. The number of nitrogens with zero attached hydrogens (tertiary/aromatic N) is 2. The van der Waals surface area contributed by atoms with Gasteiger partial charge in [0.1, 0.15) is 11.8 Å². The molecule has 2 saturated heterocycles. The molecule has 2 aliphatic heterocycles. The van der Waals surface area contributed by atoms with Crippen molar-refractivity contribution in [3.8, 4) is 0 Å². The lowest BCUT2D eigenvalue weighted by Gasteiger charge is -2.36. The van der Waals surface area contributed by atoms with Gasteiger partial charge in [-0.15, -0.1) is 0 Å². The number of nitro groups is 1. The molecular formula is C15H20N2O4. The van der Waals surface area contributed by atoms with Gasteiger partial charge in [0.15, 0.2) is 0 Å². The van der Waals surface area contributed by atoms with E-state index in [1.807, 2.05) is 12.1 Å². The molecule has 0 N–H and O–H groups in total. The summed E-state index contributed by atoms with van der Waals surface area (Å²) in [4.78, 5) is 13.1. The van der Waals surface area contributed by atoms with Gasteiger partial charge in [0.25, 0.3) is 5.69 Å². The highest BCUT2D eigenvalue weighted by atomic mass is 16.6. The first-order chi connectivity index (χ1) is 10.2. The van der Waals surface area contributed by atoms with Gasteiger partial charge in [0.05, 0.1) is 17.6 Å². The monoisotopic (exact) mass is 292 g/mol. The Kier molecular flexibility index (Phi) is 4.07. The summed E-state index contributed by atoms with van der Waals surface area (Å²) in [6.45, 7) is 4.47. The van der Waals surface area contributed by atoms with Crippen LogP contribution >= 0.6 is 0 Å². The second-order valence-electron chi connectivity index (χ2n) is 5.61. The summed E-state index contributed by atoms with van der Waals surface area (Å²) < 4.78 is 11.5. The van der Waals surface area contributed by atoms with Gasteiger partial charge in [-0.2, -0.15) is 0 Å². The molecule has 0 aromatic heterocycles. The summed E-state index contributed by atoms with van der Waals surface area (Å²) in [7, 11) is 0. The average Bonchev–Trinajstić information content (AvgIpc) is 3.01. The fourth-order valence-electron chi connectivity index (χ4n) is 3.15. The van der Waals surface area contributed by atoms with Crippen LogP contribution in [-0.4, -0.2) is 43.4 Å². The van der Waals surface area contributed by atoms with Gasteiger partial charge >= 0.3 is 0 Å². The number of nitro benzene ring substituents is 1. The van der Waals surface area contributed by atoms with E-state index in [2.05, 4.69) is 4.90 Å². The van der Waals surface area contributed by atoms with Crippen molar-refractivity contribution in [2.75, 3.05) is 31.2 Å². The molecule has 21 heavy (non-hydrogen) atoms. The van der Waals surface area contributed by atoms with Crippen LogP contribution in [0.25, 0.3) is 0 Å². The molecule has 6 nitrogen and oxygen atoms in total. The van der Waals surface area contributed by atoms with Gasteiger partial charge in [-0.05, 0) is 25.8 Å². The Morgan fingerprint density at radius 2 is 2.10 bits per heavy atom.